The molecule has 0 radical (unpaired) electrons. The average molecular weight is 347 g/mol. The van der Waals surface area contributed by atoms with Gasteiger partial charge in [0.05, 0.1) is 17.3 Å². The van der Waals surface area contributed by atoms with Crippen LogP contribution >= 0.6 is 11.6 Å². The second-order valence-corrected chi connectivity index (χ2v) is 6.43. The fraction of sp³-hybridized carbons (Fsp3) is 0.0952. The lowest BCUT2D eigenvalue weighted by Crippen LogP contribution is -2.21. The number of rotatable bonds is 2. The van der Waals surface area contributed by atoms with Gasteiger partial charge in [0.1, 0.15) is 5.75 Å². The highest BCUT2D eigenvalue weighted by atomic mass is 35.5. The number of ether oxygens (including phenoxy) is 1. The molecule has 0 fully saturated rings. The van der Waals surface area contributed by atoms with Crippen molar-refractivity contribution in [2.24, 2.45) is 0 Å². The normalized spacial score (nSPS) is 12.4. The van der Waals surface area contributed by atoms with Crippen LogP contribution in [0.4, 0.5) is 5.69 Å². The highest BCUT2D eigenvalue weighted by Gasteiger charge is 2.21. The molecule has 3 aromatic carbocycles. The van der Waals surface area contributed by atoms with Crippen molar-refractivity contribution in [2.75, 3.05) is 4.90 Å². The largest absolute Gasteiger partial charge is 0.455 e. The SMILES string of the molecule is N#Cc1cccc(CN2Cc3ccccc3Oc3ccc(Cl)cc32)c1. The molecule has 0 unspecified atom stereocenters. The second kappa shape index (κ2) is 6.51. The van der Waals surface area contributed by atoms with E-state index in [0.717, 1.165) is 28.3 Å². The van der Waals surface area contributed by atoms with Crippen LogP contribution < -0.4 is 9.64 Å². The number of nitrogens with zero attached hydrogens (tertiary/aromatic N) is 2. The number of hydrogen-bond donors (Lipinski definition) is 0. The highest BCUT2D eigenvalue weighted by Crippen LogP contribution is 2.40. The van der Waals surface area contributed by atoms with Crippen molar-refractivity contribution in [3.63, 3.8) is 0 Å². The summed E-state index contributed by atoms with van der Waals surface area (Å²) in [6, 6.07) is 23.6. The molecule has 0 aromatic heterocycles. The van der Waals surface area contributed by atoms with Gasteiger partial charge in [0.2, 0.25) is 0 Å². The predicted octanol–water partition coefficient (Wildman–Crippen LogP) is 5.52. The molecule has 25 heavy (non-hydrogen) atoms. The molecule has 0 aliphatic carbocycles. The fourth-order valence-corrected chi connectivity index (χ4v) is 3.23. The molecule has 1 aliphatic rings. The van der Waals surface area contributed by atoms with Crippen LogP contribution in [0.3, 0.4) is 0 Å². The van der Waals surface area contributed by atoms with E-state index in [1.54, 1.807) is 0 Å². The van der Waals surface area contributed by atoms with Crippen LogP contribution in [0.2, 0.25) is 5.02 Å². The Kier molecular flexibility index (Phi) is 4.05. The molecule has 0 saturated carbocycles. The maximum Gasteiger partial charge on any atom is 0.150 e. The van der Waals surface area contributed by atoms with Crippen molar-refractivity contribution in [3.05, 3.63) is 88.4 Å². The van der Waals surface area contributed by atoms with E-state index in [1.807, 2.05) is 60.7 Å². The van der Waals surface area contributed by atoms with Crippen LogP contribution in [0.15, 0.2) is 66.7 Å². The Morgan fingerprint density at radius 2 is 1.88 bits per heavy atom. The lowest BCUT2D eigenvalue weighted by atomic mass is 10.1. The van der Waals surface area contributed by atoms with E-state index in [2.05, 4.69) is 17.0 Å². The summed E-state index contributed by atoms with van der Waals surface area (Å²) in [6.07, 6.45) is 0. The molecule has 1 heterocycles. The Morgan fingerprint density at radius 3 is 2.76 bits per heavy atom. The number of para-hydroxylation sites is 1. The Morgan fingerprint density at radius 1 is 1.00 bits per heavy atom. The number of benzene rings is 3. The molecular weight excluding hydrogens is 332 g/mol. The van der Waals surface area contributed by atoms with Crippen LogP contribution in [0.1, 0.15) is 16.7 Å². The van der Waals surface area contributed by atoms with Gasteiger partial charge in [-0.15, -0.1) is 0 Å². The predicted molar refractivity (Wildman–Crippen MR) is 99.0 cm³/mol. The fourth-order valence-electron chi connectivity index (χ4n) is 3.07. The monoisotopic (exact) mass is 346 g/mol. The summed E-state index contributed by atoms with van der Waals surface area (Å²) in [5.74, 6) is 1.64. The minimum atomic E-state index is 0.662. The van der Waals surface area contributed by atoms with E-state index >= 15 is 0 Å². The van der Waals surface area contributed by atoms with Crippen LogP contribution in [-0.4, -0.2) is 0 Å². The van der Waals surface area contributed by atoms with Crippen molar-refractivity contribution in [3.8, 4) is 17.6 Å². The van der Waals surface area contributed by atoms with Gasteiger partial charge in [-0.3, -0.25) is 0 Å². The topological polar surface area (TPSA) is 36.3 Å². The third kappa shape index (κ3) is 3.17. The molecular formula is C21H15ClN2O. The number of fused-ring (bicyclic) bond motifs is 2. The van der Waals surface area contributed by atoms with Crippen LogP contribution in [-0.2, 0) is 13.1 Å². The molecule has 0 atom stereocenters. The zero-order valence-electron chi connectivity index (χ0n) is 13.4. The quantitative estimate of drug-likeness (QED) is 0.612. The van der Waals surface area contributed by atoms with Crippen molar-refractivity contribution in [1.82, 2.24) is 0 Å². The first-order valence-corrected chi connectivity index (χ1v) is 8.40. The minimum Gasteiger partial charge on any atom is -0.455 e. The summed E-state index contributed by atoms with van der Waals surface area (Å²) >= 11 is 6.23. The standard InChI is InChI=1S/C21H15ClN2O/c22-18-8-9-21-19(11-18)24(13-16-5-3-4-15(10-16)12-23)14-17-6-1-2-7-20(17)25-21/h1-11H,13-14H2. The first-order chi connectivity index (χ1) is 12.2. The van der Waals surface area contributed by atoms with Crippen molar-refractivity contribution in [1.29, 1.82) is 5.26 Å². The third-order valence-corrected chi connectivity index (χ3v) is 4.48. The molecule has 122 valence electrons. The third-order valence-electron chi connectivity index (χ3n) is 4.24. The van der Waals surface area contributed by atoms with Gasteiger partial charge in [-0.1, -0.05) is 41.9 Å². The van der Waals surface area contributed by atoms with E-state index in [-0.39, 0.29) is 0 Å². The van der Waals surface area contributed by atoms with E-state index in [4.69, 9.17) is 21.6 Å². The lowest BCUT2D eigenvalue weighted by Gasteiger charge is -2.24. The van der Waals surface area contributed by atoms with Crippen LogP contribution in [0.25, 0.3) is 0 Å². The maximum atomic E-state index is 9.14. The zero-order chi connectivity index (χ0) is 17.2. The summed E-state index contributed by atoms with van der Waals surface area (Å²) in [7, 11) is 0. The molecule has 4 heteroatoms. The van der Waals surface area contributed by atoms with Crippen molar-refractivity contribution < 1.29 is 4.74 Å². The van der Waals surface area contributed by atoms with Gasteiger partial charge >= 0.3 is 0 Å². The Balaban J connectivity index is 1.77. The number of halogens is 1. The molecule has 3 aromatic rings. The summed E-state index contributed by atoms with van der Waals surface area (Å²) in [5.41, 5.74) is 3.80. The number of nitriles is 1. The zero-order valence-corrected chi connectivity index (χ0v) is 14.2. The van der Waals surface area contributed by atoms with E-state index in [1.165, 1.54) is 0 Å². The molecule has 0 N–H and O–H groups in total. The Labute approximate surface area is 151 Å². The van der Waals surface area contributed by atoms with E-state index in [0.29, 0.717) is 23.7 Å². The summed E-state index contributed by atoms with van der Waals surface area (Å²) in [5, 5.41) is 9.81. The van der Waals surface area contributed by atoms with Gasteiger partial charge in [-0.25, -0.2) is 0 Å². The minimum absolute atomic E-state index is 0.662. The molecule has 3 nitrogen and oxygen atoms in total. The molecule has 4 rings (SSSR count). The van der Waals surface area contributed by atoms with E-state index in [9.17, 15) is 0 Å². The van der Waals surface area contributed by atoms with E-state index < -0.39 is 0 Å². The smallest absolute Gasteiger partial charge is 0.150 e. The second-order valence-electron chi connectivity index (χ2n) is 5.99. The van der Waals surface area contributed by atoms with Gasteiger partial charge in [-0.05, 0) is 42.0 Å². The highest BCUT2D eigenvalue weighted by molar-refractivity contribution is 6.31. The van der Waals surface area contributed by atoms with Gasteiger partial charge in [0.15, 0.2) is 5.75 Å². The molecule has 0 bridgehead atoms. The Bertz CT molecular complexity index is 978. The number of hydrogen-bond acceptors (Lipinski definition) is 3. The lowest BCUT2D eigenvalue weighted by molar-refractivity contribution is 0.483. The van der Waals surface area contributed by atoms with Gasteiger partial charge in [0, 0.05) is 23.7 Å². The van der Waals surface area contributed by atoms with Crippen molar-refractivity contribution in [2.45, 2.75) is 13.1 Å². The summed E-state index contributed by atoms with van der Waals surface area (Å²) < 4.78 is 6.12. The van der Waals surface area contributed by atoms with Crippen LogP contribution in [0.5, 0.6) is 11.5 Å². The molecule has 0 spiro atoms. The maximum absolute atomic E-state index is 9.14. The Hall–Kier alpha value is -2.96. The van der Waals surface area contributed by atoms with Crippen LogP contribution in [0, 0.1) is 11.3 Å². The van der Waals surface area contributed by atoms with Gasteiger partial charge in [-0.2, -0.15) is 5.26 Å². The molecule has 0 amide bonds. The average Bonchev–Trinajstić information content (AvgIpc) is 2.78. The first kappa shape index (κ1) is 15.6. The molecule has 0 saturated heterocycles. The van der Waals surface area contributed by atoms with Gasteiger partial charge in [0.25, 0.3) is 0 Å². The summed E-state index contributed by atoms with van der Waals surface area (Å²) in [6.45, 7) is 1.38. The number of anilines is 1. The molecule has 1 aliphatic heterocycles. The summed E-state index contributed by atoms with van der Waals surface area (Å²) in [4.78, 5) is 2.23. The van der Waals surface area contributed by atoms with Gasteiger partial charge < -0.3 is 9.64 Å². The first-order valence-electron chi connectivity index (χ1n) is 8.02. The van der Waals surface area contributed by atoms with Crippen molar-refractivity contribution >= 4 is 17.3 Å².